The Morgan fingerprint density at radius 3 is 2.83 bits per heavy atom. The molecular formula is C18H23NO4. The highest BCUT2D eigenvalue weighted by molar-refractivity contribution is 5.97. The summed E-state index contributed by atoms with van der Waals surface area (Å²) in [6, 6.07) is 7.63. The molecule has 0 unspecified atom stereocenters. The van der Waals surface area contributed by atoms with Gasteiger partial charge in [0.1, 0.15) is 5.60 Å². The molecule has 2 heterocycles. The third-order valence-electron chi connectivity index (χ3n) is 4.67. The van der Waals surface area contributed by atoms with Gasteiger partial charge in [-0.1, -0.05) is 12.1 Å². The Balaban J connectivity index is 1.82. The third kappa shape index (κ3) is 3.24. The SMILES string of the molecule is Cc1cccc(NC(=O)[C@H]2CC(=O)O[C@]23CCOC(C)(C)C3)c1. The van der Waals surface area contributed by atoms with Crippen LogP contribution in [0.15, 0.2) is 24.3 Å². The molecule has 0 aliphatic carbocycles. The van der Waals surface area contributed by atoms with E-state index in [1.165, 1.54) is 0 Å². The van der Waals surface area contributed by atoms with Gasteiger partial charge in [-0.3, -0.25) is 9.59 Å². The summed E-state index contributed by atoms with van der Waals surface area (Å²) in [4.78, 5) is 24.7. The van der Waals surface area contributed by atoms with Gasteiger partial charge < -0.3 is 14.8 Å². The maximum Gasteiger partial charge on any atom is 0.307 e. The standard InChI is InChI=1S/C18H23NO4/c1-12-5-4-6-13(9-12)19-16(21)14-10-15(20)23-18(14)7-8-22-17(2,3)11-18/h4-6,9,14H,7-8,10-11H2,1-3H3,(H,19,21)/t14-,18+/m1/s1. The number of hydrogen-bond acceptors (Lipinski definition) is 4. The highest BCUT2D eigenvalue weighted by Crippen LogP contribution is 2.45. The van der Waals surface area contributed by atoms with E-state index in [-0.39, 0.29) is 18.3 Å². The molecule has 1 spiro atoms. The Kier molecular flexibility index (Phi) is 3.92. The van der Waals surface area contributed by atoms with Gasteiger partial charge in [0.15, 0.2) is 0 Å². The highest BCUT2D eigenvalue weighted by atomic mass is 16.6. The summed E-state index contributed by atoms with van der Waals surface area (Å²) >= 11 is 0. The summed E-state index contributed by atoms with van der Waals surface area (Å²) in [6.07, 6.45) is 1.24. The Labute approximate surface area is 136 Å². The van der Waals surface area contributed by atoms with Crippen LogP contribution in [-0.2, 0) is 19.1 Å². The summed E-state index contributed by atoms with van der Waals surface area (Å²) in [5, 5.41) is 2.93. The van der Waals surface area contributed by atoms with E-state index in [1.807, 2.05) is 45.0 Å². The number of esters is 1. The van der Waals surface area contributed by atoms with Crippen LogP contribution in [0.4, 0.5) is 5.69 Å². The van der Waals surface area contributed by atoms with Crippen LogP contribution in [0.25, 0.3) is 0 Å². The molecule has 1 N–H and O–H groups in total. The number of amides is 1. The predicted octanol–water partition coefficient (Wildman–Crippen LogP) is 2.82. The normalized spacial score (nSPS) is 29.3. The van der Waals surface area contributed by atoms with E-state index >= 15 is 0 Å². The fourth-order valence-electron chi connectivity index (χ4n) is 3.72. The maximum absolute atomic E-state index is 12.8. The number of carbonyl (C=O) groups is 2. The molecule has 124 valence electrons. The first-order valence-corrected chi connectivity index (χ1v) is 8.03. The van der Waals surface area contributed by atoms with Crippen molar-refractivity contribution in [2.45, 2.75) is 51.2 Å². The molecule has 5 nitrogen and oxygen atoms in total. The molecule has 0 aromatic heterocycles. The zero-order chi connectivity index (χ0) is 16.7. The van der Waals surface area contributed by atoms with Gasteiger partial charge in [0.25, 0.3) is 0 Å². The van der Waals surface area contributed by atoms with E-state index in [0.717, 1.165) is 11.3 Å². The van der Waals surface area contributed by atoms with Crippen molar-refractivity contribution < 1.29 is 19.1 Å². The fourth-order valence-corrected chi connectivity index (χ4v) is 3.72. The lowest BCUT2D eigenvalue weighted by atomic mass is 9.75. The van der Waals surface area contributed by atoms with Gasteiger partial charge in [-0.2, -0.15) is 0 Å². The molecule has 0 bridgehead atoms. The Morgan fingerprint density at radius 2 is 2.13 bits per heavy atom. The van der Waals surface area contributed by atoms with E-state index in [1.54, 1.807) is 0 Å². The molecule has 0 radical (unpaired) electrons. The number of benzene rings is 1. The largest absolute Gasteiger partial charge is 0.458 e. The number of rotatable bonds is 2. The van der Waals surface area contributed by atoms with Crippen LogP contribution in [0.5, 0.6) is 0 Å². The van der Waals surface area contributed by atoms with E-state index in [2.05, 4.69) is 5.32 Å². The molecule has 1 amide bonds. The lowest BCUT2D eigenvalue weighted by molar-refractivity contribution is -0.178. The minimum absolute atomic E-state index is 0.133. The zero-order valence-electron chi connectivity index (χ0n) is 13.8. The van der Waals surface area contributed by atoms with Crippen LogP contribution in [0.3, 0.4) is 0 Å². The maximum atomic E-state index is 12.8. The monoisotopic (exact) mass is 317 g/mol. The molecule has 0 saturated carbocycles. The Hall–Kier alpha value is -1.88. The van der Waals surface area contributed by atoms with Crippen molar-refractivity contribution in [2.24, 2.45) is 5.92 Å². The van der Waals surface area contributed by atoms with Gasteiger partial charge in [-0.25, -0.2) is 0 Å². The average molecular weight is 317 g/mol. The van der Waals surface area contributed by atoms with E-state index in [4.69, 9.17) is 9.47 Å². The summed E-state index contributed by atoms with van der Waals surface area (Å²) in [6.45, 7) is 6.40. The van der Waals surface area contributed by atoms with Crippen LogP contribution in [0.1, 0.15) is 38.7 Å². The topological polar surface area (TPSA) is 64.6 Å². The molecule has 3 rings (SSSR count). The van der Waals surface area contributed by atoms with Crippen LogP contribution in [-0.4, -0.2) is 29.7 Å². The van der Waals surface area contributed by atoms with Crippen LogP contribution in [0.2, 0.25) is 0 Å². The molecule has 2 aliphatic heterocycles. The van der Waals surface area contributed by atoms with Gasteiger partial charge in [0.2, 0.25) is 5.91 Å². The van der Waals surface area contributed by atoms with Crippen molar-refractivity contribution in [3.8, 4) is 0 Å². The quantitative estimate of drug-likeness (QED) is 0.852. The Morgan fingerprint density at radius 1 is 1.35 bits per heavy atom. The lowest BCUT2D eigenvalue weighted by Gasteiger charge is -2.43. The van der Waals surface area contributed by atoms with Crippen molar-refractivity contribution in [1.82, 2.24) is 0 Å². The first-order chi connectivity index (χ1) is 10.8. The molecule has 23 heavy (non-hydrogen) atoms. The molecule has 2 atom stereocenters. The molecule has 2 aliphatic rings. The highest BCUT2D eigenvalue weighted by Gasteiger charge is 2.56. The number of ether oxygens (including phenoxy) is 2. The first kappa shape index (κ1) is 16.0. The van der Waals surface area contributed by atoms with Gasteiger partial charge in [-0.15, -0.1) is 0 Å². The molecule has 2 fully saturated rings. The first-order valence-electron chi connectivity index (χ1n) is 8.03. The molecule has 1 aromatic carbocycles. The third-order valence-corrected chi connectivity index (χ3v) is 4.67. The van der Waals surface area contributed by atoms with Crippen LogP contribution in [0, 0.1) is 12.8 Å². The summed E-state index contributed by atoms with van der Waals surface area (Å²) < 4.78 is 11.4. The number of anilines is 1. The predicted molar refractivity (Wildman–Crippen MR) is 86.0 cm³/mol. The van der Waals surface area contributed by atoms with Crippen molar-refractivity contribution >= 4 is 17.6 Å². The molecule has 2 saturated heterocycles. The van der Waals surface area contributed by atoms with Crippen molar-refractivity contribution in [2.75, 3.05) is 11.9 Å². The summed E-state index contributed by atoms with van der Waals surface area (Å²) in [5.41, 5.74) is 0.677. The zero-order valence-corrected chi connectivity index (χ0v) is 13.8. The van der Waals surface area contributed by atoms with E-state index in [0.29, 0.717) is 19.4 Å². The minimum atomic E-state index is -0.743. The van der Waals surface area contributed by atoms with Gasteiger partial charge in [0.05, 0.1) is 24.5 Å². The fraction of sp³-hybridized carbons (Fsp3) is 0.556. The second-order valence-corrected chi connectivity index (χ2v) is 7.19. The molecule has 1 aromatic rings. The van der Waals surface area contributed by atoms with Crippen molar-refractivity contribution in [1.29, 1.82) is 0 Å². The van der Waals surface area contributed by atoms with Gasteiger partial charge >= 0.3 is 5.97 Å². The molecular weight excluding hydrogens is 294 g/mol. The smallest absolute Gasteiger partial charge is 0.307 e. The van der Waals surface area contributed by atoms with Crippen LogP contribution < -0.4 is 5.32 Å². The van der Waals surface area contributed by atoms with Crippen LogP contribution >= 0.6 is 0 Å². The summed E-state index contributed by atoms with van der Waals surface area (Å²) in [7, 11) is 0. The number of hydrogen-bond donors (Lipinski definition) is 1. The van der Waals surface area contributed by atoms with Crippen molar-refractivity contribution in [3.05, 3.63) is 29.8 Å². The van der Waals surface area contributed by atoms with Gasteiger partial charge in [-0.05, 0) is 38.5 Å². The minimum Gasteiger partial charge on any atom is -0.458 e. The van der Waals surface area contributed by atoms with Crippen molar-refractivity contribution in [3.63, 3.8) is 0 Å². The summed E-state index contributed by atoms with van der Waals surface area (Å²) in [5.74, 6) is -0.926. The van der Waals surface area contributed by atoms with E-state index in [9.17, 15) is 9.59 Å². The number of carbonyl (C=O) groups excluding carboxylic acids is 2. The second kappa shape index (κ2) is 5.64. The van der Waals surface area contributed by atoms with Gasteiger partial charge in [0, 0.05) is 18.5 Å². The lowest BCUT2D eigenvalue weighted by Crippen LogP contribution is -2.52. The second-order valence-electron chi connectivity index (χ2n) is 7.19. The number of nitrogens with one attached hydrogen (secondary N) is 1. The van der Waals surface area contributed by atoms with E-state index < -0.39 is 17.1 Å². The molecule has 5 heteroatoms. The Bertz CT molecular complexity index is 640. The number of aryl methyl sites for hydroxylation is 1. The average Bonchev–Trinajstić information content (AvgIpc) is 2.73.